The molecule has 0 saturated carbocycles. The molecule has 0 aliphatic heterocycles. The molecule has 0 aliphatic rings. The average molecular weight is 539 g/mol. The Morgan fingerprint density at radius 2 is 1.65 bits per heavy atom. The second-order valence-corrected chi connectivity index (χ2v) is 9.96. The van der Waals surface area contributed by atoms with Gasteiger partial charge in [-0.05, 0) is 74.9 Å². The first-order valence-corrected chi connectivity index (χ1v) is 13.9. The molecule has 0 saturated heterocycles. The maximum Gasteiger partial charge on any atom is 0.330 e. The highest BCUT2D eigenvalue weighted by Gasteiger charge is 2.19. The molecule has 6 nitrogen and oxygen atoms in total. The Bertz CT molecular complexity index is 1440. The summed E-state index contributed by atoms with van der Waals surface area (Å²) in [5.74, 6) is 0.427. The van der Waals surface area contributed by atoms with Gasteiger partial charge in [0.05, 0.1) is 6.61 Å². The topological polar surface area (TPSA) is 69.6 Å². The number of hydrogen-bond acceptors (Lipinski definition) is 4. The highest BCUT2D eigenvalue weighted by atomic mass is 16.5. The molecule has 0 spiro atoms. The normalized spacial score (nSPS) is 12.2. The number of nitrogens with zero attached hydrogens (tertiary/aromatic N) is 1. The van der Waals surface area contributed by atoms with Crippen molar-refractivity contribution >= 4 is 22.8 Å². The van der Waals surface area contributed by atoms with Crippen molar-refractivity contribution in [1.29, 1.82) is 0 Å². The van der Waals surface area contributed by atoms with Crippen molar-refractivity contribution < 1.29 is 19.1 Å². The number of esters is 1. The number of carbonyl (C=O) groups excluding carboxylic acids is 2. The van der Waals surface area contributed by atoms with Crippen LogP contribution in [0.3, 0.4) is 0 Å². The zero-order valence-corrected chi connectivity index (χ0v) is 23.6. The summed E-state index contributed by atoms with van der Waals surface area (Å²) in [5, 5.41) is 4.13. The van der Waals surface area contributed by atoms with E-state index < -0.39 is 0 Å². The standard InChI is InChI=1S/C34H38N2O4/c1-4-39-33(37)21-25(2)15-16-29-23-36(26(3)34(38)35-20-19-27-11-7-5-8-12-27)32-18-17-30(22-31(29)32)40-24-28-13-9-6-10-14-28/h5-14,17-18,21-23,26H,4,15-16,19-20,24H2,1-3H3,(H,35,38). The summed E-state index contributed by atoms with van der Waals surface area (Å²) in [6.07, 6.45) is 5.82. The van der Waals surface area contributed by atoms with Gasteiger partial charge in [0.25, 0.3) is 0 Å². The first-order chi connectivity index (χ1) is 19.4. The van der Waals surface area contributed by atoms with Crippen LogP contribution >= 0.6 is 0 Å². The summed E-state index contributed by atoms with van der Waals surface area (Å²) in [6.45, 7) is 7.07. The molecule has 1 N–H and O–H groups in total. The van der Waals surface area contributed by atoms with Crippen LogP contribution in [0.5, 0.6) is 5.75 Å². The van der Waals surface area contributed by atoms with E-state index in [0.29, 0.717) is 26.2 Å². The number of amides is 1. The molecule has 1 heterocycles. The molecule has 0 bridgehead atoms. The third-order valence-electron chi connectivity index (χ3n) is 6.93. The van der Waals surface area contributed by atoms with Gasteiger partial charge in [0, 0.05) is 29.7 Å². The van der Waals surface area contributed by atoms with E-state index >= 15 is 0 Å². The number of nitrogens with one attached hydrogen (secondary N) is 1. The molecule has 0 fully saturated rings. The average Bonchev–Trinajstić information content (AvgIpc) is 3.33. The molecule has 1 aromatic heterocycles. The number of fused-ring (bicyclic) bond motifs is 1. The van der Waals surface area contributed by atoms with E-state index in [9.17, 15) is 9.59 Å². The molecule has 6 heteroatoms. The summed E-state index contributed by atoms with van der Waals surface area (Å²) >= 11 is 0. The summed E-state index contributed by atoms with van der Waals surface area (Å²) in [6, 6.07) is 25.8. The predicted molar refractivity (Wildman–Crippen MR) is 159 cm³/mol. The molecule has 4 aromatic rings. The largest absolute Gasteiger partial charge is 0.489 e. The summed E-state index contributed by atoms with van der Waals surface area (Å²) in [5.41, 5.74) is 5.31. The number of rotatable bonds is 13. The Balaban J connectivity index is 1.53. The van der Waals surface area contributed by atoms with E-state index in [2.05, 4.69) is 29.7 Å². The van der Waals surface area contributed by atoms with Gasteiger partial charge in [-0.3, -0.25) is 4.79 Å². The number of aromatic nitrogens is 1. The number of ether oxygens (including phenoxy) is 2. The Morgan fingerprint density at radius 1 is 0.950 bits per heavy atom. The van der Waals surface area contributed by atoms with Gasteiger partial charge in [-0.15, -0.1) is 0 Å². The zero-order valence-electron chi connectivity index (χ0n) is 23.6. The third-order valence-corrected chi connectivity index (χ3v) is 6.93. The zero-order chi connectivity index (χ0) is 28.3. The van der Waals surface area contributed by atoms with Crippen LogP contribution < -0.4 is 10.1 Å². The van der Waals surface area contributed by atoms with Crippen LogP contribution in [0.25, 0.3) is 10.9 Å². The van der Waals surface area contributed by atoms with Crippen molar-refractivity contribution in [3.05, 3.63) is 113 Å². The molecule has 3 aromatic carbocycles. The highest BCUT2D eigenvalue weighted by Crippen LogP contribution is 2.30. The lowest BCUT2D eigenvalue weighted by Gasteiger charge is -2.16. The van der Waals surface area contributed by atoms with Crippen LogP contribution in [0.15, 0.2) is 96.7 Å². The maximum atomic E-state index is 13.1. The number of aryl methyl sites for hydroxylation is 1. The Hall–Kier alpha value is -4.32. The molecule has 1 amide bonds. The lowest BCUT2D eigenvalue weighted by molar-refractivity contribution is -0.137. The molecule has 1 unspecified atom stereocenters. The third kappa shape index (κ3) is 7.85. The van der Waals surface area contributed by atoms with Gasteiger partial charge in [-0.25, -0.2) is 4.79 Å². The van der Waals surface area contributed by atoms with Crippen molar-refractivity contribution in [3.8, 4) is 5.75 Å². The second kappa shape index (κ2) is 14.2. The molecule has 40 heavy (non-hydrogen) atoms. The van der Waals surface area contributed by atoms with E-state index in [4.69, 9.17) is 9.47 Å². The van der Waals surface area contributed by atoms with Crippen molar-refractivity contribution in [2.75, 3.05) is 13.2 Å². The Kier molecular flexibility index (Phi) is 10.2. The molecule has 208 valence electrons. The molecule has 0 radical (unpaired) electrons. The van der Waals surface area contributed by atoms with Gasteiger partial charge in [-0.1, -0.05) is 66.2 Å². The van der Waals surface area contributed by atoms with E-state index in [1.165, 1.54) is 5.56 Å². The van der Waals surface area contributed by atoms with Crippen LogP contribution in [0, 0.1) is 0 Å². The second-order valence-electron chi connectivity index (χ2n) is 9.96. The molecular weight excluding hydrogens is 500 g/mol. The molecule has 1 atom stereocenters. The van der Waals surface area contributed by atoms with Crippen LogP contribution in [0.4, 0.5) is 0 Å². The number of benzene rings is 3. The summed E-state index contributed by atoms with van der Waals surface area (Å²) in [4.78, 5) is 25.0. The van der Waals surface area contributed by atoms with Gasteiger partial charge in [0.15, 0.2) is 0 Å². The van der Waals surface area contributed by atoms with Crippen LogP contribution in [-0.4, -0.2) is 29.6 Å². The SMILES string of the molecule is CCOC(=O)C=C(C)CCc1cn(C(C)C(=O)NCCc2ccccc2)c2ccc(OCc3ccccc3)cc12. The molecule has 4 rings (SSSR count). The highest BCUT2D eigenvalue weighted by molar-refractivity contribution is 5.89. The van der Waals surface area contributed by atoms with E-state index in [1.807, 2.05) is 79.1 Å². The predicted octanol–water partition coefficient (Wildman–Crippen LogP) is 6.58. The van der Waals surface area contributed by atoms with Gasteiger partial charge >= 0.3 is 5.97 Å². The van der Waals surface area contributed by atoms with Gasteiger partial charge in [0.2, 0.25) is 5.91 Å². The first kappa shape index (κ1) is 28.7. The van der Waals surface area contributed by atoms with Gasteiger partial charge in [0.1, 0.15) is 18.4 Å². The summed E-state index contributed by atoms with van der Waals surface area (Å²) < 4.78 is 13.2. The lowest BCUT2D eigenvalue weighted by atomic mass is 10.0. The smallest absolute Gasteiger partial charge is 0.330 e. The quantitative estimate of drug-likeness (QED) is 0.154. The van der Waals surface area contributed by atoms with Gasteiger partial charge < -0.3 is 19.4 Å². The number of carbonyl (C=O) groups is 2. The maximum absolute atomic E-state index is 13.1. The number of hydrogen-bond donors (Lipinski definition) is 1. The Labute approximate surface area is 236 Å². The minimum Gasteiger partial charge on any atom is -0.489 e. The lowest BCUT2D eigenvalue weighted by Crippen LogP contribution is -2.32. The minimum atomic E-state index is -0.390. The van der Waals surface area contributed by atoms with E-state index in [1.54, 1.807) is 13.0 Å². The molecule has 0 aliphatic carbocycles. The van der Waals surface area contributed by atoms with Crippen molar-refractivity contribution in [1.82, 2.24) is 9.88 Å². The first-order valence-electron chi connectivity index (χ1n) is 13.9. The van der Waals surface area contributed by atoms with E-state index in [0.717, 1.165) is 46.2 Å². The van der Waals surface area contributed by atoms with Crippen molar-refractivity contribution in [2.24, 2.45) is 0 Å². The van der Waals surface area contributed by atoms with Crippen LogP contribution in [0.1, 0.15) is 49.9 Å². The van der Waals surface area contributed by atoms with Gasteiger partial charge in [-0.2, -0.15) is 0 Å². The van der Waals surface area contributed by atoms with E-state index in [-0.39, 0.29) is 17.9 Å². The summed E-state index contributed by atoms with van der Waals surface area (Å²) in [7, 11) is 0. The van der Waals surface area contributed by atoms with Crippen LogP contribution in [0.2, 0.25) is 0 Å². The van der Waals surface area contributed by atoms with Crippen molar-refractivity contribution in [2.45, 2.75) is 52.7 Å². The minimum absolute atomic E-state index is 0.0258. The molecular formula is C34H38N2O4. The van der Waals surface area contributed by atoms with Crippen LogP contribution in [-0.2, 0) is 33.8 Å². The fraction of sp³-hybridized carbons (Fsp3) is 0.294. The number of allylic oxidation sites excluding steroid dienone is 1. The monoisotopic (exact) mass is 538 g/mol. The van der Waals surface area contributed by atoms with Crippen molar-refractivity contribution in [3.63, 3.8) is 0 Å². The fourth-order valence-electron chi connectivity index (χ4n) is 4.69. The fourth-order valence-corrected chi connectivity index (χ4v) is 4.69. The Morgan fingerprint density at radius 3 is 2.35 bits per heavy atom.